The van der Waals surface area contributed by atoms with Crippen LogP contribution in [0.15, 0.2) is 12.1 Å². The van der Waals surface area contributed by atoms with Crippen LogP contribution in [-0.4, -0.2) is 36.9 Å². The molecule has 1 fully saturated rings. The van der Waals surface area contributed by atoms with E-state index in [-0.39, 0.29) is 0 Å². The summed E-state index contributed by atoms with van der Waals surface area (Å²) < 4.78 is 1.73. The molecule has 0 spiro atoms. The van der Waals surface area contributed by atoms with Gasteiger partial charge in [-0.1, -0.05) is 26.7 Å². The number of hydrogen-bond donors (Lipinski definition) is 2. The number of carbonyl (C=O) groups is 1. The Labute approximate surface area is 128 Å². The first-order chi connectivity index (χ1) is 10.6. The van der Waals surface area contributed by atoms with Crippen molar-refractivity contribution >= 4 is 17.4 Å². The Kier molecular flexibility index (Phi) is 3.96. The molecule has 0 aromatic carbocycles. The highest BCUT2D eigenvalue weighted by molar-refractivity contribution is 5.76. The number of unbranched alkanes of at least 4 members (excludes halogenated alkanes) is 1. The summed E-state index contributed by atoms with van der Waals surface area (Å²) in [6.45, 7) is 4.22. The van der Waals surface area contributed by atoms with E-state index in [1.165, 1.54) is 0 Å². The fraction of sp³-hybridized carbons (Fsp3) is 0.600. The van der Waals surface area contributed by atoms with E-state index in [0.717, 1.165) is 25.1 Å². The molecule has 0 bridgehead atoms. The van der Waals surface area contributed by atoms with Crippen LogP contribution in [0.1, 0.15) is 51.3 Å². The molecule has 22 heavy (non-hydrogen) atoms. The van der Waals surface area contributed by atoms with Gasteiger partial charge in [-0.25, -0.2) is 4.79 Å². The first kappa shape index (κ1) is 14.7. The van der Waals surface area contributed by atoms with E-state index in [9.17, 15) is 9.90 Å². The van der Waals surface area contributed by atoms with E-state index in [4.69, 9.17) is 0 Å². The molecule has 118 valence electrons. The Balaban J connectivity index is 1.82. The fourth-order valence-corrected chi connectivity index (χ4v) is 2.64. The average Bonchev–Trinajstić information content (AvgIpc) is 3.07. The summed E-state index contributed by atoms with van der Waals surface area (Å²) >= 11 is 0. The lowest BCUT2D eigenvalue weighted by Gasteiger charge is -2.14. The highest BCUT2D eigenvalue weighted by Gasteiger charge is 2.38. The quantitative estimate of drug-likeness (QED) is 0.815. The monoisotopic (exact) mass is 303 g/mol. The molecule has 1 aliphatic carbocycles. The number of nitrogens with zero attached hydrogens (tertiary/aromatic N) is 4. The van der Waals surface area contributed by atoms with Gasteiger partial charge in [0, 0.05) is 5.92 Å². The van der Waals surface area contributed by atoms with Gasteiger partial charge in [0.15, 0.2) is 11.5 Å². The number of nitrogens with one attached hydrogen (secondary N) is 1. The normalized spacial score (nSPS) is 21.7. The van der Waals surface area contributed by atoms with Gasteiger partial charge in [-0.05, 0) is 30.9 Å². The van der Waals surface area contributed by atoms with Gasteiger partial charge in [0.1, 0.15) is 11.9 Å². The highest BCUT2D eigenvalue weighted by atomic mass is 16.4. The van der Waals surface area contributed by atoms with Gasteiger partial charge < -0.3 is 10.4 Å². The molecule has 3 atom stereocenters. The maximum atomic E-state index is 11.3. The molecule has 0 radical (unpaired) electrons. The maximum absolute atomic E-state index is 11.3. The summed E-state index contributed by atoms with van der Waals surface area (Å²) in [6, 6.07) is 2.95. The number of carboxylic acid groups (broad SMARTS) is 1. The Morgan fingerprint density at radius 1 is 1.50 bits per heavy atom. The number of hydrogen-bond acceptors (Lipinski definition) is 5. The van der Waals surface area contributed by atoms with Gasteiger partial charge in [-0.15, -0.1) is 15.3 Å². The molecular weight excluding hydrogens is 282 g/mol. The summed E-state index contributed by atoms with van der Waals surface area (Å²) in [5.41, 5.74) is 0.695. The Morgan fingerprint density at radius 3 is 2.91 bits per heavy atom. The third-order valence-corrected chi connectivity index (χ3v) is 4.19. The number of fused-ring (bicyclic) bond motifs is 1. The van der Waals surface area contributed by atoms with Crippen LogP contribution in [0.3, 0.4) is 0 Å². The SMILES string of the molecule is CCCC[C@H](Nc1ccc2nnc(C3CC3C)n2n1)C(=O)O. The van der Waals surface area contributed by atoms with E-state index in [1.807, 2.05) is 13.0 Å². The number of aromatic nitrogens is 4. The molecule has 0 amide bonds. The fourth-order valence-electron chi connectivity index (χ4n) is 2.64. The molecule has 2 unspecified atom stereocenters. The Bertz CT molecular complexity index is 684. The number of carboxylic acids is 1. The minimum absolute atomic E-state index is 0.410. The van der Waals surface area contributed by atoms with Gasteiger partial charge in [0.25, 0.3) is 0 Å². The van der Waals surface area contributed by atoms with Gasteiger partial charge in [0.2, 0.25) is 0 Å². The van der Waals surface area contributed by atoms with Crippen molar-refractivity contribution in [2.75, 3.05) is 5.32 Å². The number of aliphatic carboxylic acids is 1. The lowest BCUT2D eigenvalue weighted by Crippen LogP contribution is -2.29. The summed E-state index contributed by atoms with van der Waals surface area (Å²) in [4.78, 5) is 11.3. The minimum Gasteiger partial charge on any atom is -0.480 e. The van der Waals surface area contributed by atoms with Gasteiger partial charge >= 0.3 is 5.97 Å². The molecule has 7 heteroatoms. The van der Waals surface area contributed by atoms with Crippen LogP contribution in [0.25, 0.3) is 5.65 Å². The molecule has 1 aliphatic rings. The van der Waals surface area contributed by atoms with Gasteiger partial charge in [0.05, 0.1) is 0 Å². The largest absolute Gasteiger partial charge is 0.480 e. The molecule has 2 aromatic heterocycles. The minimum atomic E-state index is -0.852. The molecule has 0 saturated heterocycles. The van der Waals surface area contributed by atoms with E-state index in [1.54, 1.807) is 10.6 Å². The molecule has 2 heterocycles. The topological polar surface area (TPSA) is 92.4 Å². The molecular formula is C15H21N5O2. The summed E-state index contributed by atoms with van der Waals surface area (Å²) in [7, 11) is 0. The summed E-state index contributed by atoms with van der Waals surface area (Å²) in [6.07, 6.45) is 3.52. The lowest BCUT2D eigenvalue weighted by atomic mass is 10.1. The maximum Gasteiger partial charge on any atom is 0.326 e. The highest BCUT2D eigenvalue weighted by Crippen LogP contribution is 2.45. The van der Waals surface area contributed by atoms with E-state index < -0.39 is 12.0 Å². The molecule has 7 nitrogen and oxygen atoms in total. The van der Waals surface area contributed by atoms with E-state index in [2.05, 4.69) is 27.5 Å². The van der Waals surface area contributed by atoms with Crippen molar-refractivity contribution in [3.63, 3.8) is 0 Å². The first-order valence-corrected chi connectivity index (χ1v) is 7.82. The lowest BCUT2D eigenvalue weighted by molar-refractivity contribution is -0.138. The van der Waals surface area contributed by atoms with Gasteiger partial charge in [-0.2, -0.15) is 4.52 Å². The average molecular weight is 303 g/mol. The third kappa shape index (κ3) is 2.88. The molecule has 3 rings (SSSR count). The smallest absolute Gasteiger partial charge is 0.326 e. The summed E-state index contributed by atoms with van der Waals surface area (Å²) in [5.74, 6) is 1.59. The van der Waals surface area contributed by atoms with Gasteiger partial charge in [-0.3, -0.25) is 0 Å². The van der Waals surface area contributed by atoms with Crippen molar-refractivity contribution in [2.24, 2.45) is 5.92 Å². The number of rotatable bonds is 7. The zero-order chi connectivity index (χ0) is 15.7. The van der Waals surface area contributed by atoms with Crippen molar-refractivity contribution in [1.82, 2.24) is 19.8 Å². The predicted molar refractivity (Wildman–Crippen MR) is 81.9 cm³/mol. The second-order valence-corrected chi connectivity index (χ2v) is 6.04. The number of anilines is 1. The van der Waals surface area contributed by atoms with Crippen molar-refractivity contribution in [2.45, 2.75) is 51.5 Å². The first-order valence-electron chi connectivity index (χ1n) is 7.82. The van der Waals surface area contributed by atoms with Crippen molar-refractivity contribution in [3.8, 4) is 0 Å². The Morgan fingerprint density at radius 2 is 2.27 bits per heavy atom. The zero-order valence-electron chi connectivity index (χ0n) is 12.9. The summed E-state index contributed by atoms with van der Waals surface area (Å²) in [5, 5.41) is 25.1. The molecule has 2 aromatic rings. The predicted octanol–water partition coefficient (Wildman–Crippen LogP) is 2.30. The van der Waals surface area contributed by atoms with E-state index >= 15 is 0 Å². The third-order valence-electron chi connectivity index (χ3n) is 4.19. The van der Waals surface area contributed by atoms with Crippen molar-refractivity contribution in [3.05, 3.63) is 18.0 Å². The second-order valence-electron chi connectivity index (χ2n) is 6.04. The van der Waals surface area contributed by atoms with Crippen LogP contribution in [0.2, 0.25) is 0 Å². The van der Waals surface area contributed by atoms with Crippen molar-refractivity contribution < 1.29 is 9.90 Å². The van der Waals surface area contributed by atoms with Crippen molar-refractivity contribution in [1.29, 1.82) is 0 Å². The van der Waals surface area contributed by atoms with Crippen LogP contribution in [0.5, 0.6) is 0 Å². The standard InChI is InChI=1S/C15H21N5O2/c1-3-4-5-11(15(21)22)16-12-6-7-13-17-18-14(20(13)19-12)10-8-9(10)2/h6-7,9-11H,3-5,8H2,1-2H3,(H,16,19)(H,21,22)/t9?,10?,11-/m0/s1. The van der Waals surface area contributed by atoms with Crippen LogP contribution in [0, 0.1) is 5.92 Å². The van der Waals surface area contributed by atoms with E-state index in [0.29, 0.717) is 29.7 Å². The molecule has 0 aliphatic heterocycles. The molecule has 1 saturated carbocycles. The second kappa shape index (κ2) is 5.90. The van der Waals surface area contributed by atoms with Crippen LogP contribution >= 0.6 is 0 Å². The zero-order valence-corrected chi connectivity index (χ0v) is 12.9. The van der Waals surface area contributed by atoms with Crippen LogP contribution in [0.4, 0.5) is 5.82 Å². The van der Waals surface area contributed by atoms with Crippen LogP contribution < -0.4 is 5.32 Å². The Hall–Kier alpha value is -2.18. The molecule has 2 N–H and O–H groups in total. The van der Waals surface area contributed by atoms with Crippen LogP contribution in [-0.2, 0) is 4.79 Å².